The number of aliphatic carboxylic acids is 1. The lowest BCUT2D eigenvalue weighted by atomic mass is 9.39. The van der Waals surface area contributed by atoms with Gasteiger partial charge in [-0.1, -0.05) is 94.0 Å². The van der Waals surface area contributed by atoms with E-state index in [4.69, 9.17) is 44.2 Å². The number of aromatic nitrogens is 4. The molecule has 9 amide bonds. The summed E-state index contributed by atoms with van der Waals surface area (Å²) in [7, 11) is 0. The maximum absolute atomic E-state index is 14.9. The fourth-order valence-electron chi connectivity index (χ4n) is 20.1. The number of hydrogen-bond donors (Lipinski definition) is 15. The zero-order chi connectivity index (χ0) is 92.2. The average molecular weight is 1800 g/mol. The molecule has 4 aromatic carbocycles. The molecule has 4 aliphatic carbocycles. The Labute approximate surface area is 745 Å². The maximum Gasteiger partial charge on any atom is 0.410 e. The number of urea groups is 1. The number of thiazole rings is 1. The molecule has 690 valence electrons. The first kappa shape index (κ1) is 93.7. The van der Waals surface area contributed by atoms with Crippen molar-refractivity contribution in [3.05, 3.63) is 161 Å². The summed E-state index contributed by atoms with van der Waals surface area (Å²) in [5.41, 5.74) is 9.64. The van der Waals surface area contributed by atoms with E-state index in [9.17, 15) is 93.9 Å². The summed E-state index contributed by atoms with van der Waals surface area (Å²) >= 11 is 1.38. The third-order valence-corrected chi connectivity index (χ3v) is 26.2. The minimum absolute atomic E-state index is 0.000824. The Morgan fingerprint density at radius 1 is 0.744 bits per heavy atom. The van der Waals surface area contributed by atoms with Gasteiger partial charge in [0.15, 0.2) is 29.3 Å². The molecule has 7 heterocycles. The van der Waals surface area contributed by atoms with Crippen LogP contribution in [0.4, 0.5) is 26.2 Å². The number of carboxylic acids is 2. The van der Waals surface area contributed by atoms with Crippen LogP contribution in [0.15, 0.2) is 121 Å². The first-order chi connectivity index (χ1) is 61.4. The van der Waals surface area contributed by atoms with Gasteiger partial charge < -0.3 is 102 Å². The van der Waals surface area contributed by atoms with Crippen molar-refractivity contribution in [3.63, 3.8) is 0 Å². The van der Waals surface area contributed by atoms with Gasteiger partial charge in [-0.15, -0.1) is 0 Å². The fraction of sp³-hybridized carbons (Fsp3) is 0.500. The molecule has 16 N–H and O–H groups in total. The van der Waals surface area contributed by atoms with Crippen LogP contribution in [-0.4, -0.2) is 253 Å². The van der Waals surface area contributed by atoms with E-state index in [1.165, 1.54) is 52.7 Å². The minimum Gasteiger partial charge on any atom is -0.479 e. The van der Waals surface area contributed by atoms with Crippen LogP contribution >= 0.6 is 11.3 Å². The quantitative estimate of drug-likeness (QED) is 0.0134. The summed E-state index contributed by atoms with van der Waals surface area (Å²) in [6.45, 7) is 10.0. The Kier molecular flexibility index (Phi) is 28.4. The van der Waals surface area contributed by atoms with E-state index >= 15 is 0 Å². The molecule has 3 unspecified atom stereocenters. The van der Waals surface area contributed by atoms with E-state index in [0.29, 0.717) is 103 Å². The molecule has 4 aliphatic heterocycles. The van der Waals surface area contributed by atoms with Crippen LogP contribution < -0.4 is 42.0 Å². The van der Waals surface area contributed by atoms with Crippen LogP contribution in [0.3, 0.4) is 0 Å². The van der Waals surface area contributed by atoms with Crippen LogP contribution in [0.1, 0.15) is 154 Å². The largest absolute Gasteiger partial charge is 0.479 e. The summed E-state index contributed by atoms with van der Waals surface area (Å²) in [5, 5.41) is 116. The Morgan fingerprint density at radius 3 is 2.16 bits per heavy atom. The molecule has 38 nitrogen and oxygen atoms in total. The number of carbonyl (C=O) groups excluding carboxylic acids is 8. The number of fused-ring (bicyclic) bond motifs is 2. The van der Waals surface area contributed by atoms with E-state index in [-0.39, 0.29) is 97.9 Å². The SMILES string of the molecule is Cc1c(-c2ccc(N3CCc4cccc(C(=O)Nc5nc6ccccc6s5)c4C3)nc2C(=O)O)cnn1CC12CC3(C)CC(C)(C1)CC(OCCN(Cc1ccc(OC4(O[C@@H]5O[C@H](CO)[C@@H](O)[C@H](O)[C@H]5O)O[C@H](C(=O)O)[C@@H](O)[C@H](O)[C@H]4O)cc1)C(=O)OCc1ccc(NC(=O)[C@H](CCCNC(N)=O)NC(=O)[C@@H](NC(=O)CCCCCN4C(=O)C=CC4=O)C(C)C)cc1)(C3)C2. The molecule has 129 heavy (non-hydrogen) atoms. The highest BCUT2D eigenvalue weighted by Gasteiger charge is 2.67. The second-order valence-electron chi connectivity index (χ2n) is 35.8. The highest BCUT2D eigenvalue weighted by Crippen LogP contribution is 2.72. The number of rotatable bonds is 37. The molecule has 4 saturated carbocycles. The number of aliphatic hydroxyl groups excluding tert-OH is 7. The number of nitrogens with two attached hydrogens (primary N) is 1. The monoisotopic (exact) mass is 1800 g/mol. The van der Waals surface area contributed by atoms with Crippen molar-refractivity contribution in [1.82, 2.24) is 45.5 Å². The molecule has 15 rings (SSSR count). The van der Waals surface area contributed by atoms with Crippen LogP contribution in [-0.2, 0) is 85.1 Å². The van der Waals surface area contributed by atoms with Crippen LogP contribution in [0.25, 0.3) is 21.3 Å². The number of carboxylic acid groups (broad SMARTS) is 2. The van der Waals surface area contributed by atoms with Gasteiger partial charge in [-0.2, -0.15) is 5.10 Å². The van der Waals surface area contributed by atoms with Crippen LogP contribution in [0.5, 0.6) is 5.75 Å². The van der Waals surface area contributed by atoms with Gasteiger partial charge in [0.05, 0.1) is 35.2 Å². The Morgan fingerprint density at radius 2 is 1.47 bits per heavy atom. The number of nitrogens with one attached hydrogen (secondary N) is 5. The van der Waals surface area contributed by atoms with Gasteiger partial charge in [0.1, 0.15) is 66.9 Å². The third-order valence-electron chi connectivity index (χ3n) is 25.2. The molecular weight excluding hydrogens is 1700 g/mol. The highest BCUT2D eigenvalue weighted by atomic mass is 32.1. The molecule has 0 spiro atoms. The van der Waals surface area contributed by atoms with E-state index in [2.05, 4.69) is 45.4 Å². The lowest BCUT2D eigenvalue weighted by Crippen LogP contribution is -2.71. The number of primary amides is 1. The lowest BCUT2D eigenvalue weighted by Gasteiger charge is -2.69. The Bertz CT molecular complexity index is 5310. The number of carbonyl (C=O) groups is 10. The van der Waals surface area contributed by atoms with Gasteiger partial charge in [0.25, 0.3) is 17.7 Å². The molecule has 7 aromatic rings. The number of benzene rings is 4. The van der Waals surface area contributed by atoms with Crippen LogP contribution in [0, 0.1) is 29.1 Å². The number of imide groups is 1. The maximum atomic E-state index is 14.9. The summed E-state index contributed by atoms with van der Waals surface area (Å²) in [6, 6.07) is 25.7. The van der Waals surface area contributed by atoms with E-state index < -0.39 is 145 Å². The normalized spacial score (nSPS) is 26.7. The number of amides is 9. The predicted octanol–water partition coefficient (Wildman–Crippen LogP) is 5.26. The van der Waals surface area contributed by atoms with Crippen molar-refractivity contribution in [2.24, 2.45) is 27.9 Å². The molecule has 3 aromatic heterocycles. The first-order valence-corrected chi connectivity index (χ1v) is 43.9. The molecule has 0 radical (unpaired) electrons. The molecule has 2 saturated heterocycles. The van der Waals surface area contributed by atoms with Gasteiger partial charge in [0.2, 0.25) is 17.7 Å². The van der Waals surface area contributed by atoms with E-state index in [1.54, 1.807) is 62.5 Å². The Balaban J connectivity index is 0.669. The molecule has 6 fully saturated rings. The smallest absolute Gasteiger partial charge is 0.410 e. The summed E-state index contributed by atoms with van der Waals surface area (Å²) < 4.78 is 39.1. The van der Waals surface area contributed by atoms with Crippen molar-refractivity contribution in [3.8, 4) is 16.9 Å². The van der Waals surface area contributed by atoms with Crippen molar-refractivity contribution in [1.29, 1.82) is 0 Å². The third kappa shape index (κ3) is 21.2. The van der Waals surface area contributed by atoms with Gasteiger partial charge in [-0.3, -0.25) is 53.1 Å². The number of ether oxygens (including phenoxy) is 6. The highest BCUT2D eigenvalue weighted by molar-refractivity contribution is 7.22. The summed E-state index contributed by atoms with van der Waals surface area (Å²) in [6.07, 6.45) is -9.21. The van der Waals surface area contributed by atoms with Gasteiger partial charge in [-0.25, -0.2) is 29.1 Å². The molecule has 39 heteroatoms. The summed E-state index contributed by atoms with van der Waals surface area (Å²) in [5.74, 6) is -9.35. The standard InChI is InChI=1S/C90H109N13O25S/c1-49(2)68(98-65(105)18-7-6-10-33-102-66(106)29-30-67(102)107)79(116)95-61(16-12-32-92-83(91)121)78(115)94-54-23-19-52(20-24-54)41-123-85(122)101(38-51-21-25-55(26-22-51)126-90(76(113)73(111)72(110)75(127-90)81(119)120)128-82-74(112)71(109)70(108)62(40-104)125-82)35-36-124-89-45-86(4)42-87(5,46-89)44-88(43-86,47-89)48-103-50(3)58(37-93-103)56-27-28-64(97-69(56)80(117)118)100-34-31-53-13-11-14-57(59(53)39-100)77(114)99-84-96-60-15-8-9-17-63(60)129-84/h8-9,11,13-15,17,19-30,37,49,61-62,68,70-76,82,104,108-113H,6-7,10,12,16,18,31-36,38-48H2,1-5H3,(H,94,115)(H,95,116)(H,98,105)(H,117,118)(H,119,120)(H3,91,92,121)(H,96,99,114)/t61-,62+,68-,70+,71-,72-,73-,74+,75-,76+,82-,86?,87?,88?,89?,90?/m0/s1. The van der Waals surface area contributed by atoms with Crippen molar-refractivity contribution >= 4 is 97.7 Å². The number of aromatic carboxylic acids is 1. The number of aliphatic hydroxyl groups is 7. The van der Waals surface area contributed by atoms with Crippen molar-refractivity contribution in [2.45, 2.75) is 223 Å². The number of pyridine rings is 1. The molecule has 4 bridgehead atoms. The second-order valence-corrected chi connectivity index (χ2v) is 36.9. The van der Waals surface area contributed by atoms with Gasteiger partial charge >= 0.3 is 30.0 Å². The average Bonchev–Trinajstić information content (AvgIpc) is 1.13. The van der Waals surface area contributed by atoms with E-state index in [1.807, 2.05) is 52.9 Å². The first-order valence-electron chi connectivity index (χ1n) is 43.1. The molecular formula is C90H109N13O25S. The van der Waals surface area contributed by atoms with Crippen molar-refractivity contribution in [2.75, 3.05) is 54.9 Å². The summed E-state index contributed by atoms with van der Waals surface area (Å²) in [4.78, 5) is 146. The number of para-hydroxylation sites is 1. The lowest BCUT2D eigenvalue weighted by molar-refractivity contribution is -0.473. The Hall–Kier alpha value is -11.5. The van der Waals surface area contributed by atoms with E-state index in [0.717, 1.165) is 51.2 Å². The zero-order valence-electron chi connectivity index (χ0n) is 71.9. The predicted molar refractivity (Wildman–Crippen MR) is 462 cm³/mol. The number of anilines is 3. The topological polar surface area (TPSA) is 548 Å². The van der Waals surface area contributed by atoms with Crippen LogP contribution in [0.2, 0.25) is 0 Å². The fourth-order valence-corrected chi connectivity index (χ4v) is 20.9. The number of hydrogen-bond acceptors (Lipinski definition) is 28. The second kappa shape index (κ2) is 39.1. The minimum atomic E-state index is -3.18. The number of nitrogens with zero attached hydrogens (tertiary/aromatic N) is 7. The number of unbranched alkanes of at least 4 members (excludes halogenated alkanes) is 2. The van der Waals surface area contributed by atoms with Gasteiger partial charge in [-0.05, 0) is 177 Å². The molecule has 8 aliphatic rings. The van der Waals surface area contributed by atoms with Crippen molar-refractivity contribution < 1.29 is 122 Å². The molecule has 14 atom stereocenters. The zero-order valence-corrected chi connectivity index (χ0v) is 72.7. The van der Waals surface area contributed by atoms with Gasteiger partial charge in [0, 0.05) is 92.5 Å².